The largest absolute Gasteiger partial charge is 0.441 e. The average molecular weight is 354 g/mol. The third-order valence-electron chi connectivity index (χ3n) is 3.47. The van der Waals surface area contributed by atoms with E-state index in [9.17, 15) is 17.6 Å². The van der Waals surface area contributed by atoms with Crippen LogP contribution in [0.4, 0.5) is 14.9 Å². The van der Waals surface area contributed by atoms with Gasteiger partial charge < -0.3 is 9.30 Å². The monoisotopic (exact) mass is 354 g/mol. The Bertz CT molecular complexity index is 851. The number of ether oxygens (including phenoxy) is 1. The molecule has 1 atom stereocenters. The summed E-state index contributed by atoms with van der Waals surface area (Å²) in [4.78, 5) is 13.1. The van der Waals surface area contributed by atoms with Crippen molar-refractivity contribution >= 4 is 21.9 Å². The molecule has 1 aliphatic heterocycles. The number of cyclic esters (lactones) is 1. The first-order valence-electron chi connectivity index (χ1n) is 7.09. The number of hydrogen-bond acceptors (Lipinski definition) is 5. The van der Waals surface area contributed by atoms with Crippen molar-refractivity contribution in [1.82, 2.24) is 4.57 Å². The summed E-state index contributed by atoms with van der Waals surface area (Å²) in [7, 11) is -3.62. The van der Waals surface area contributed by atoms with Gasteiger partial charge in [-0.25, -0.2) is 9.18 Å². The first-order valence-corrected chi connectivity index (χ1v) is 8.90. The van der Waals surface area contributed by atoms with Crippen molar-refractivity contribution < 1.29 is 26.5 Å². The van der Waals surface area contributed by atoms with Crippen LogP contribution in [0.25, 0.3) is 5.69 Å². The van der Waals surface area contributed by atoms with Crippen LogP contribution in [0.1, 0.15) is 0 Å². The molecule has 1 aromatic carbocycles. The number of aromatic nitrogens is 1. The van der Waals surface area contributed by atoms with Crippen molar-refractivity contribution in [3.8, 4) is 5.69 Å². The van der Waals surface area contributed by atoms with E-state index in [1.54, 1.807) is 41.2 Å². The van der Waals surface area contributed by atoms with Crippen LogP contribution in [0, 0.1) is 5.82 Å². The van der Waals surface area contributed by atoms with Crippen molar-refractivity contribution in [3.63, 3.8) is 0 Å². The molecule has 2 aromatic rings. The molecule has 128 valence electrons. The lowest BCUT2D eigenvalue weighted by atomic mass is 10.2. The van der Waals surface area contributed by atoms with Crippen LogP contribution in [-0.2, 0) is 19.0 Å². The zero-order valence-electron chi connectivity index (χ0n) is 12.8. The Labute approximate surface area is 138 Å². The van der Waals surface area contributed by atoms with E-state index in [0.29, 0.717) is 11.4 Å². The molecule has 1 aromatic heterocycles. The van der Waals surface area contributed by atoms with Gasteiger partial charge in [-0.1, -0.05) is 0 Å². The van der Waals surface area contributed by atoms with Crippen LogP contribution in [0.2, 0.25) is 0 Å². The lowest BCUT2D eigenvalue weighted by Gasteiger charge is -2.14. The topological polar surface area (TPSA) is 77.8 Å². The number of amides is 1. The second kappa shape index (κ2) is 6.25. The summed E-state index contributed by atoms with van der Waals surface area (Å²) in [5, 5.41) is 0. The number of benzene rings is 1. The Hall–Kier alpha value is -2.39. The molecular formula is C15H15FN2O5S. The minimum absolute atomic E-state index is 0.0800. The molecule has 0 spiro atoms. The van der Waals surface area contributed by atoms with Gasteiger partial charge in [0.25, 0.3) is 10.1 Å². The minimum atomic E-state index is -3.62. The third-order valence-corrected chi connectivity index (χ3v) is 4.03. The van der Waals surface area contributed by atoms with Crippen molar-refractivity contribution in [2.45, 2.75) is 6.10 Å². The number of carbonyl (C=O) groups excluding carboxylic acids is 1. The SMILES string of the molecule is CS(=O)(=O)OC[C@H]1CN(c2ccc(-n3cccc3)c(F)c2)C(=O)O1. The molecule has 1 saturated heterocycles. The van der Waals surface area contributed by atoms with Gasteiger partial charge in [-0.05, 0) is 30.3 Å². The maximum absolute atomic E-state index is 14.3. The number of hydrogen-bond donors (Lipinski definition) is 0. The Kier molecular flexibility index (Phi) is 4.29. The molecule has 7 nitrogen and oxygen atoms in total. The summed E-state index contributed by atoms with van der Waals surface area (Å²) in [6.45, 7) is -0.193. The maximum Gasteiger partial charge on any atom is 0.414 e. The van der Waals surface area contributed by atoms with Crippen molar-refractivity contribution in [3.05, 3.63) is 48.5 Å². The van der Waals surface area contributed by atoms with E-state index >= 15 is 0 Å². The number of rotatable bonds is 5. The normalized spacial score (nSPS) is 18.0. The fourth-order valence-corrected chi connectivity index (χ4v) is 2.79. The highest BCUT2D eigenvalue weighted by molar-refractivity contribution is 7.85. The molecule has 9 heteroatoms. The van der Waals surface area contributed by atoms with Gasteiger partial charge in [-0.3, -0.25) is 9.08 Å². The number of carbonyl (C=O) groups is 1. The molecule has 0 aliphatic carbocycles. The van der Waals surface area contributed by atoms with E-state index < -0.39 is 28.1 Å². The Morgan fingerprint density at radius 1 is 1.33 bits per heavy atom. The smallest absolute Gasteiger partial charge is 0.414 e. The van der Waals surface area contributed by atoms with E-state index in [0.717, 1.165) is 6.26 Å². The average Bonchev–Trinajstić information content (AvgIpc) is 3.14. The summed E-state index contributed by atoms with van der Waals surface area (Å²) in [5.74, 6) is -0.493. The Balaban J connectivity index is 1.75. The van der Waals surface area contributed by atoms with Gasteiger partial charge in [0.15, 0.2) is 0 Å². The third kappa shape index (κ3) is 3.57. The molecule has 0 unspecified atom stereocenters. The van der Waals surface area contributed by atoms with E-state index in [1.807, 2.05) is 0 Å². The predicted octanol–water partition coefficient (Wildman–Crippen LogP) is 1.92. The van der Waals surface area contributed by atoms with Crippen LogP contribution in [-0.4, -0.2) is 44.6 Å². The molecule has 1 amide bonds. The van der Waals surface area contributed by atoms with Crippen LogP contribution in [0.5, 0.6) is 0 Å². The summed E-state index contributed by atoms with van der Waals surface area (Å²) < 4.78 is 47.5. The quantitative estimate of drug-likeness (QED) is 0.767. The van der Waals surface area contributed by atoms with Crippen LogP contribution >= 0.6 is 0 Å². The van der Waals surface area contributed by atoms with Crippen molar-refractivity contribution in [2.24, 2.45) is 0 Å². The molecule has 0 bridgehead atoms. The summed E-state index contributed by atoms with van der Waals surface area (Å²) >= 11 is 0. The van der Waals surface area contributed by atoms with Crippen LogP contribution in [0.3, 0.4) is 0 Å². The van der Waals surface area contributed by atoms with E-state index in [4.69, 9.17) is 4.74 Å². The van der Waals surface area contributed by atoms with Gasteiger partial charge >= 0.3 is 6.09 Å². The first kappa shape index (κ1) is 16.5. The van der Waals surface area contributed by atoms with E-state index in [-0.39, 0.29) is 13.2 Å². The van der Waals surface area contributed by atoms with Crippen molar-refractivity contribution in [1.29, 1.82) is 0 Å². The summed E-state index contributed by atoms with van der Waals surface area (Å²) in [5.41, 5.74) is 0.684. The Morgan fingerprint density at radius 3 is 2.67 bits per heavy atom. The Morgan fingerprint density at radius 2 is 2.04 bits per heavy atom. The fraction of sp³-hybridized carbons (Fsp3) is 0.267. The number of halogens is 1. The molecule has 24 heavy (non-hydrogen) atoms. The maximum atomic E-state index is 14.3. The lowest BCUT2D eigenvalue weighted by molar-refractivity contribution is 0.107. The second-order valence-electron chi connectivity index (χ2n) is 5.33. The predicted molar refractivity (Wildman–Crippen MR) is 84.1 cm³/mol. The van der Waals surface area contributed by atoms with Crippen molar-refractivity contribution in [2.75, 3.05) is 24.3 Å². The minimum Gasteiger partial charge on any atom is -0.441 e. The molecule has 0 saturated carbocycles. The zero-order chi connectivity index (χ0) is 17.3. The standard InChI is InChI=1S/C15H15FN2O5S/c1-24(20,21)22-10-12-9-18(15(19)23-12)11-4-5-14(13(16)8-11)17-6-2-3-7-17/h2-8,12H,9-10H2,1H3/t12-/m1/s1. The molecule has 2 heterocycles. The molecule has 1 aliphatic rings. The highest BCUT2D eigenvalue weighted by Gasteiger charge is 2.33. The number of nitrogens with zero attached hydrogens (tertiary/aromatic N) is 2. The summed E-state index contributed by atoms with van der Waals surface area (Å²) in [6.07, 6.45) is 2.92. The molecule has 3 rings (SSSR count). The van der Waals surface area contributed by atoms with Crippen LogP contribution in [0.15, 0.2) is 42.7 Å². The van der Waals surface area contributed by atoms with Gasteiger partial charge in [-0.2, -0.15) is 8.42 Å². The van der Waals surface area contributed by atoms with E-state index in [1.165, 1.54) is 11.0 Å². The van der Waals surface area contributed by atoms with Gasteiger partial charge in [0.2, 0.25) is 0 Å². The summed E-state index contributed by atoms with van der Waals surface area (Å²) in [6, 6.07) is 7.93. The first-order chi connectivity index (χ1) is 11.3. The highest BCUT2D eigenvalue weighted by Crippen LogP contribution is 2.25. The van der Waals surface area contributed by atoms with Gasteiger partial charge in [0, 0.05) is 12.4 Å². The van der Waals surface area contributed by atoms with E-state index in [2.05, 4.69) is 4.18 Å². The zero-order valence-corrected chi connectivity index (χ0v) is 13.6. The fourth-order valence-electron chi connectivity index (χ4n) is 2.39. The van der Waals surface area contributed by atoms with Gasteiger partial charge in [0.05, 0.1) is 24.2 Å². The number of anilines is 1. The van der Waals surface area contributed by atoms with Gasteiger partial charge in [-0.15, -0.1) is 0 Å². The second-order valence-corrected chi connectivity index (χ2v) is 6.97. The molecule has 0 N–H and O–H groups in total. The highest BCUT2D eigenvalue weighted by atomic mass is 32.2. The van der Waals surface area contributed by atoms with Gasteiger partial charge in [0.1, 0.15) is 18.5 Å². The molecule has 0 radical (unpaired) electrons. The van der Waals surface area contributed by atoms with Crippen LogP contribution < -0.4 is 4.90 Å². The lowest BCUT2D eigenvalue weighted by Crippen LogP contribution is -2.26. The molecular weight excluding hydrogens is 339 g/mol. The molecule has 1 fully saturated rings.